The number of nitrogens with zero attached hydrogens (tertiary/aromatic N) is 1. The van der Waals surface area contributed by atoms with Gasteiger partial charge in [0.1, 0.15) is 0 Å². The Morgan fingerprint density at radius 1 is 1.03 bits per heavy atom. The van der Waals surface area contributed by atoms with Crippen LogP contribution in [-0.2, 0) is 14.9 Å². The van der Waals surface area contributed by atoms with Gasteiger partial charge in [-0.25, -0.2) is 4.79 Å². The minimum absolute atomic E-state index is 0.0841. The topological polar surface area (TPSA) is 54.5 Å². The number of aliphatic imine (C=N–C) groups is 1. The third kappa shape index (κ3) is 3.84. The van der Waals surface area contributed by atoms with Crippen molar-refractivity contribution in [2.75, 3.05) is 7.11 Å². The Bertz CT molecular complexity index is 1060. The van der Waals surface area contributed by atoms with Crippen LogP contribution in [0.3, 0.4) is 0 Å². The van der Waals surface area contributed by atoms with Gasteiger partial charge in [-0.05, 0) is 61.4 Å². The van der Waals surface area contributed by atoms with Crippen molar-refractivity contribution in [2.24, 2.45) is 4.99 Å². The van der Waals surface area contributed by atoms with E-state index in [4.69, 9.17) is 9.73 Å². The van der Waals surface area contributed by atoms with Gasteiger partial charge in [-0.15, -0.1) is 0 Å². The molecule has 29 heavy (non-hydrogen) atoms. The van der Waals surface area contributed by atoms with Crippen LogP contribution >= 0.6 is 0 Å². The molecule has 0 unspecified atom stereocenters. The second-order valence-corrected chi connectivity index (χ2v) is 8.75. The number of benzene rings is 1. The maximum atomic E-state index is 12.3. The third-order valence-corrected chi connectivity index (χ3v) is 5.44. The van der Waals surface area contributed by atoms with Crippen LogP contribution in [-0.4, -0.2) is 23.8 Å². The number of H-pyrrole nitrogens is 1. The van der Waals surface area contributed by atoms with Gasteiger partial charge in [0, 0.05) is 11.3 Å². The smallest absolute Gasteiger partial charge is 0.340 e. The monoisotopic (exact) mass is 390 g/mol. The zero-order valence-corrected chi connectivity index (χ0v) is 18.7. The molecular formula is C25H30N2O2. The maximum Gasteiger partial charge on any atom is 0.340 e. The van der Waals surface area contributed by atoms with Crippen LogP contribution in [0.2, 0.25) is 0 Å². The highest BCUT2D eigenvalue weighted by Crippen LogP contribution is 2.38. The average molecular weight is 391 g/mol. The van der Waals surface area contributed by atoms with E-state index >= 15 is 0 Å². The standard InChI is InChI=1S/C25H30N2O2/c1-14-13-15(2)26-22(14)21(18-9-11-19(12-10-18)25(5,6)7)23-16(3)20(17(4)27-23)24(28)29-8/h9-13,26H,1-8H3/b23-21-. The van der Waals surface area contributed by atoms with E-state index in [2.05, 4.69) is 63.0 Å². The molecule has 1 aromatic carbocycles. The second kappa shape index (κ2) is 7.51. The highest BCUT2D eigenvalue weighted by Gasteiger charge is 2.28. The lowest BCUT2D eigenvalue weighted by molar-refractivity contribution is -0.135. The van der Waals surface area contributed by atoms with Crippen LogP contribution in [0.15, 0.2) is 52.2 Å². The molecule has 2 heterocycles. The van der Waals surface area contributed by atoms with Crippen LogP contribution in [0.25, 0.3) is 5.57 Å². The van der Waals surface area contributed by atoms with Crippen molar-refractivity contribution in [1.29, 1.82) is 0 Å². The molecule has 0 spiro atoms. The summed E-state index contributed by atoms with van der Waals surface area (Å²) < 4.78 is 4.99. The molecule has 0 atom stereocenters. The van der Waals surface area contributed by atoms with E-state index in [0.29, 0.717) is 11.3 Å². The summed E-state index contributed by atoms with van der Waals surface area (Å²) in [5.74, 6) is -0.347. The number of hydrogen-bond donors (Lipinski definition) is 1. The summed E-state index contributed by atoms with van der Waals surface area (Å²) in [5, 5.41) is 0. The minimum Gasteiger partial charge on any atom is -0.465 e. The molecule has 0 radical (unpaired) electrons. The molecule has 4 heteroatoms. The first-order chi connectivity index (χ1) is 13.5. The summed E-state index contributed by atoms with van der Waals surface area (Å²) in [4.78, 5) is 20.6. The molecule has 1 aliphatic heterocycles. The molecule has 3 rings (SSSR count). The van der Waals surface area contributed by atoms with E-state index in [1.165, 1.54) is 12.7 Å². The number of aromatic amines is 1. The summed E-state index contributed by atoms with van der Waals surface area (Å²) in [6.45, 7) is 14.6. The fourth-order valence-electron chi connectivity index (χ4n) is 3.87. The fourth-order valence-corrected chi connectivity index (χ4v) is 3.87. The fraction of sp³-hybridized carbons (Fsp3) is 0.360. The predicted octanol–water partition coefficient (Wildman–Crippen LogP) is 5.65. The molecule has 0 saturated heterocycles. The zero-order valence-electron chi connectivity index (χ0n) is 18.7. The van der Waals surface area contributed by atoms with Gasteiger partial charge in [-0.3, -0.25) is 4.99 Å². The molecule has 1 N–H and O–H groups in total. The molecule has 0 fully saturated rings. The lowest BCUT2D eigenvalue weighted by Gasteiger charge is -2.20. The number of carbonyl (C=O) groups is 1. The van der Waals surface area contributed by atoms with E-state index in [9.17, 15) is 4.79 Å². The summed E-state index contributed by atoms with van der Waals surface area (Å²) in [6, 6.07) is 10.8. The Kier molecular flexibility index (Phi) is 5.40. The van der Waals surface area contributed by atoms with Gasteiger partial charge in [0.25, 0.3) is 0 Å². The van der Waals surface area contributed by atoms with Crippen LogP contribution in [0, 0.1) is 13.8 Å². The summed E-state index contributed by atoms with van der Waals surface area (Å²) in [5.41, 5.74) is 9.61. The SMILES string of the molecule is COC(=O)C1=C(C)/C(=C(\c2ccc(C(C)(C)C)cc2)c2[nH]c(C)cc2C)N=C1C. The normalized spacial score (nSPS) is 16.2. The number of aryl methyl sites for hydroxylation is 2. The number of hydrogen-bond acceptors (Lipinski definition) is 3. The average Bonchev–Trinajstić information content (AvgIpc) is 3.13. The van der Waals surface area contributed by atoms with Crippen molar-refractivity contribution in [2.45, 2.75) is 53.9 Å². The first-order valence-corrected chi connectivity index (χ1v) is 9.91. The Labute approximate surface area is 173 Å². The molecule has 2 aromatic rings. The number of esters is 1. The number of methoxy groups -OCH3 is 1. The molecule has 0 saturated carbocycles. The van der Waals surface area contributed by atoms with Crippen LogP contribution in [0.1, 0.15) is 62.7 Å². The first kappa shape index (κ1) is 20.8. The third-order valence-electron chi connectivity index (χ3n) is 5.44. The largest absolute Gasteiger partial charge is 0.465 e. The zero-order chi connectivity index (χ0) is 21.5. The van der Waals surface area contributed by atoms with Crippen LogP contribution < -0.4 is 0 Å². The Morgan fingerprint density at radius 3 is 2.14 bits per heavy atom. The number of allylic oxidation sites excluding steroid dienone is 1. The van der Waals surface area contributed by atoms with Crippen molar-refractivity contribution in [1.82, 2.24) is 4.98 Å². The van der Waals surface area contributed by atoms with E-state index in [1.54, 1.807) is 0 Å². The Morgan fingerprint density at radius 2 is 1.66 bits per heavy atom. The van der Waals surface area contributed by atoms with Gasteiger partial charge in [0.15, 0.2) is 0 Å². The van der Waals surface area contributed by atoms with Gasteiger partial charge in [0.2, 0.25) is 0 Å². The number of ether oxygens (including phenoxy) is 1. The lowest BCUT2D eigenvalue weighted by atomic mass is 9.85. The molecule has 0 amide bonds. The van der Waals surface area contributed by atoms with Crippen molar-refractivity contribution >= 4 is 17.3 Å². The van der Waals surface area contributed by atoms with E-state index in [-0.39, 0.29) is 11.4 Å². The van der Waals surface area contributed by atoms with Crippen molar-refractivity contribution in [3.63, 3.8) is 0 Å². The van der Waals surface area contributed by atoms with E-state index in [0.717, 1.165) is 39.4 Å². The lowest BCUT2D eigenvalue weighted by Crippen LogP contribution is -2.11. The predicted molar refractivity (Wildman–Crippen MR) is 119 cm³/mol. The van der Waals surface area contributed by atoms with Crippen molar-refractivity contribution < 1.29 is 9.53 Å². The molecule has 0 bridgehead atoms. The molecule has 0 aliphatic carbocycles. The number of carbonyl (C=O) groups excluding carboxylic acids is 1. The van der Waals surface area contributed by atoms with Crippen LogP contribution in [0.5, 0.6) is 0 Å². The summed E-state index contributed by atoms with van der Waals surface area (Å²) >= 11 is 0. The summed E-state index contributed by atoms with van der Waals surface area (Å²) in [7, 11) is 1.40. The Hall–Kier alpha value is -2.88. The number of aromatic nitrogens is 1. The van der Waals surface area contributed by atoms with Crippen molar-refractivity contribution in [3.05, 3.63) is 75.3 Å². The first-order valence-electron chi connectivity index (χ1n) is 9.91. The van der Waals surface area contributed by atoms with Crippen LogP contribution in [0.4, 0.5) is 0 Å². The number of nitrogens with one attached hydrogen (secondary N) is 1. The summed E-state index contributed by atoms with van der Waals surface area (Å²) in [6.07, 6.45) is 0. The number of rotatable bonds is 3. The molecule has 1 aliphatic rings. The minimum atomic E-state index is -0.347. The second-order valence-electron chi connectivity index (χ2n) is 8.75. The Balaban J connectivity index is 2.29. The van der Waals surface area contributed by atoms with Gasteiger partial charge >= 0.3 is 5.97 Å². The quantitative estimate of drug-likeness (QED) is 0.688. The molecular weight excluding hydrogens is 360 g/mol. The highest BCUT2D eigenvalue weighted by molar-refractivity contribution is 6.22. The van der Waals surface area contributed by atoms with Gasteiger partial charge in [0.05, 0.1) is 29.8 Å². The molecule has 152 valence electrons. The van der Waals surface area contributed by atoms with Crippen molar-refractivity contribution in [3.8, 4) is 0 Å². The van der Waals surface area contributed by atoms with E-state index < -0.39 is 0 Å². The highest BCUT2D eigenvalue weighted by atomic mass is 16.5. The van der Waals surface area contributed by atoms with Gasteiger partial charge in [-0.2, -0.15) is 0 Å². The van der Waals surface area contributed by atoms with Gasteiger partial charge in [-0.1, -0.05) is 45.0 Å². The molecule has 1 aromatic heterocycles. The maximum absolute atomic E-state index is 12.3. The molecule has 4 nitrogen and oxygen atoms in total. The van der Waals surface area contributed by atoms with Gasteiger partial charge < -0.3 is 9.72 Å². The van der Waals surface area contributed by atoms with E-state index in [1.807, 2.05) is 20.8 Å².